The Morgan fingerprint density at radius 3 is 2.78 bits per heavy atom. The number of amides is 1. The summed E-state index contributed by atoms with van der Waals surface area (Å²) in [4.78, 5) is 12.2. The Balaban J connectivity index is 1.55. The number of methoxy groups -OCH3 is 1. The molecule has 0 saturated carbocycles. The minimum atomic E-state index is -3.87. The summed E-state index contributed by atoms with van der Waals surface area (Å²) in [5.74, 6) is 0.498. The molecule has 0 aromatic heterocycles. The molecule has 2 aromatic rings. The van der Waals surface area contributed by atoms with Crippen molar-refractivity contribution in [3.63, 3.8) is 0 Å². The van der Waals surface area contributed by atoms with Crippen molar-refractivity contribution in [2.24, 2.45) is 5.14 Å². The number of hydrogen-bond acceptors (Lipinski definition) is 4. The normalized spacial score (nSPS) is 16.0. The number of aryl methyl sites for hydroxylation is 1. The average Bonchev–Trinajstić information content (AvgIpc) is 3.04. The number of rotatable bonds is 7. The Kier molecular flexibility index (Phi) is 5.82. The van der Waals surface area contributed by atoms with E-state index in [1.807, 2.05) is 12.1 Å². The molecule has 27 heavy (non-hydrogen) atoms. The van der Waals surface area contributed by atoms with Gasteiger partial charge in [-0.25, -0.2) is 13.6 Å². The molecule has 1 aliphatic rings. The van der Waals surface area contributed by atoms with Crippen molar-refractivity contribution in [1.82, 2.24) is 5.32 Å². The van der Waals surface area contributed by atoms with Gasteiger partial charge in [-0.1, -0.05) is 30.3 Å². The fourth-order valence-electron chi connectivity index (χ4n) is 3.60. The van der Waals surface area contributed by atoms with Crippen LogP contribution in [0.2, 0.25) is 0 Å². The van der Waals surface area contributed by atoms with Gasteiger partial charge < -0.3 is 10.1 Å². The summed E-state index contributed by atoms with van der Waals surface area (Å²) in [5, 5.41) is 8.16. The van der Waals surface area contributed by atoms with E-state index in [1.54, 1.807) is 12.1 Å². The standard InChI is InChI=1S/C20H24N2O4S/c1-26-18-9-6-14(12-19(18)27(21,24)25)10-11-22-20(23)13-16-8-7-15-4-2-3-5-17(15)16/h2-6,9,12,16H,7-8,10-11,13H2,1H3,(H,22,23)(H2,21,24,25). The monoisotopic (exact) mass is 388 g/mol. The van der Waals surface area contributed by atoms with Crippen LogP contribution in [0.5, 0.6) is 5.75 Å². The highest BCUT2D eigenvalue weighted by molar-refractivity contribution is 7.89. The largest absolute Gasteiger partial charge is 0.495 e. The molecule has 0 aliphatic heterocycles. The number of nitrogens with one attached hydrogen (secondary N) is 1. The third kappa shape index (κ3) is 4.67. The highest BCUT2D eigenvalue weighted by atomic mass is 32.2. The Hall–Kier alpha value is -2.38. The summed E-state index contributed by atoms with van der Waals surface area (Å²) < 4.78 is 28.4. The van der Waals surface area contributed by atoms with Crippen LogP contribution < -0.4 is 15.2 Å². The first-order chi connectivity index (χ1) is 12.9. The number of sulfonamides is 1. The first kappa shape index (κ1) is 19.4. The number of hydrogen-bond donors (Lipinski definition) is 2. The first-order valence-corrected chi connectivity index (χ1v) is 10.5. The number of nitrogens with two attached hydrogens (primary N) is 1. The molecule has 1 amide bonds. The number of carbonyl (C=O) groups is 1. The SMILES string of the molecule is COc1ccc(CCNC(=O)CC2CCc3ccccc32)cc1S(N)(=O)=O. The summed E-state index contributed by atoms with van der Waals surface area (Å²) in [6.07, 6.45) is 3.01. The van der Waals surface area contributed by atoms with Gasteiger partial charge in [-0.15, -0.1) is 0 Å². The second-order valence-electron chi connectivity index (χ2n) is 6.77. The number of benzene rings is 2. The summed E-state index contributed by atoms with van der Waals surface area (Å²) in [6, 6.07) is 13.1. The highest BCUT2D eigenvalue weighted by Gasteiger charge is 2.24. The Labute approximate surface area is 159 Å². The molecule has 2 aromatic carbocycles. The van der Waals surface area contributed by atoms with E-state index in [4.69, 9.17) is 9.88 Å². The molecule has 144 valence electrons. The molecular formula is C20H24N2O4S. The third-order valence-corrected chi connectivity index (χ3v) is 5.89. The number of primary sulfonamides is 1. The summed E-state index contributed by atoms with van der Waals surface area (Å²) in [7, 11) is -2.47. The quantitative estimate of drug-likeness (QED) is 0.759. The smallest absolute Gasteiger partial charge is 0.241 e. The predicted molar refractivity (Wildman–Crippen MR) is 103 cm³/mol. The minimum Gasteiger partial charge on any atom is -0.495 e. The molecule has 3 N–H and O–H groups in total. The van der Waals surface area contributed by atoms with Crippen molar-refractivity contribution >= 4 is 15.9 Å². The van der Waals surface area contributed by atoms with Crippen LogP contribution >= 0.6 is 0 Å². The van der Waals surface area contributed by atoms with Crippen molar-refractivity contribution in [2.75, 3.05) is 13.7 Å². The van der Waals surface area contributed by atoms with E-state index in [0.29, 0.717) is 19.4 Å². The molecule has 1 unspecified atom stereocenters. The molecule has 1 atom stereocenters. The zero-order valence-corrected chi connectivity index (χ0v) is 16.1. The second-order valence-corrected chi connectivity index (χ2v) is 8.30. The summed E-state index contributed by atoms with van der Waals surface area (Å²) in [6.45, 7) is 0.434. The van der Waals surface area contributed by atoms with Gasteiger partial charge in [0, 0.05) is 13.0 Å². The van der Waals surface area contributed by atoms with Crippen LogP contribution in [0.1, 0.15) is 35.4 Å². The maximum absolute atomic E-state index is 12.3. The molecule has 0 bridgehead atoms. The zero-order chi connectivity index (χ0) is 19.4. The van der Waals surface area contributed by atoms with E-state index in [-0.39, 0.29) is 22.5 Å². The van der Waals surface area contributed by atoms with Gasteiger partial charge in [0.05, 0.1) is 7.11 Å². The van der Waals surface area contributed by atoms with E-state index >= 15 is 0 Å². The van der Waals surface area contributed by atoms with Gasteiger partial charge in [0.1, 0.15) is 10.6 Å². The molecule has 0 radical (unpaired) electrons. The second kappa shape index (κ2) is 8.10. The lowest BCUT2D eigenvalue weighted by atomic mass is 9.97. The van der Waals surface area contributed by atoms with Crippen LogP contribution in [-0.2, 0) is 27.7 Å². The topological polar surface area (TPSA) is 98.5 Å². The maximum Gasteiger partial charge on any atom is 0.241 e. The van der Waals surface area contributed by atoms with Gasteiger partial charge in [0.25, 0.3) is 0 Å². The van der Waals surface area contributed by atoms with E-state index in [0.717, 1.165) is 18.4 Å². The van der Waals surface area contributed by atoms with Crippen LogP contribution in [0, 0.1) is 0 Å². The number of fused-ring (bicyclic) bond motifs is 1. The van der Waals surface area contributed by atoms with Crippen molar-refractivity contribution in [1.29, 1.82) is 0 Å². The maximum atomic E-state index is 12.3. The fraction of sp³-hybridized carbons (Fsp3) is 0.350. The lowest BCUT2D eigenvalue weighted by molar-refractivity contribution is -0.121. The molecule has 6 nitrogen and oxygen atoms in total. The zero-order valence-electron chi connectivity index (χ0n) is 15.3. The molecule has 1 aliphatic carbocycles. The molecular weight excluding hydrogens is 364 g/mol. The van der Waals surface area contributed by atoms with Gasteiger partial charge in [0.15, 0.2) is 0 Å². The van der Waals surface area contributed by atoms with E-state index in [9.17, 15) is 13.2 Å². The molecule has 0 saturated heterocycles. The molecule has 3 rings (SSSR count). The first-order valence-electron chi connectivity index (χ1n) is 8.92. The Morgan fingerprint density at radius 1 is 1.26 bits per heavy atom. The predicted octanol–water partition coefficient (Wildman–Crippen LogP) is 2.12. The van der Waals surface area contributed by atoms with Crippen LogP contribution in [0.3, 0.4) is 0 Å². The van der Waals surface area contributed by atoms with Gasteiger partial charge in [-0.2, -0.15) is 0 Å². The van der Waals surface area contributed by atoms with Gasteiger partial charge in [-0.3, -0.25) is 4.79 Å². The van der Waals surface area contributed by atoms with E-state index < -0.39 is 10.0 Å². The minimum absolute atomic E-state index is 0.0110. The van der Waals surface area contributed by atoms with Crippen LogP contribution in [0.4, 0.5) is 0 Å². The molecule has 0 fully saturated rings. The molecule has 0 spiro atoms. The molecule has 7 heteroatoms. The van der Waals surface area contributed by atoms with Crippen molar-refractivity contribution in [3.8, 4) is 5.75 Å². The summed E-state index contributed by atoms with van der Waals surface area (Å²) >= 11 is 0. The number of ether oxygens (including phenoxy) is 1. The van der Waals surface area contributed by atoms with Gasteiger partial charge >= 0.3 is 0 Å². The lowest BCUT2D eigenvalue weighted by Crippen LogP contribution is -2.27. The lowest BCUT2D eigenvalue weighted by Gasteiger charge is -2.12. The highest BCUT2D eigenvalue weighted by Crippen LogP contribution is 2.35. The summed E-state index contributed by atoms with van der Waals surface area (Å²) in [5.41, 5.74) is 3.39. The van der Waals surface area contributed by atoms with Gasteiger partial charge in [-0.05, 0) is 54.0 Å². The molecule has 0 heterocycles. The van der Waals surface area contributed by atoms with E-state index in [1.165, 1.54) is 24.3 Å². The average molecular weight is 388 g/mol. The fourth-order valence-corrected chi connectivity index (χ4v) is 4.35. The van der Waals surface area contributed by atoms with Crippen LogP contribution in [0.15, 0.2) is 47.4 Å². The van der Waals surface area contributed by atoms with Crippen molar-refractivity contribution in [3.05, 3.63) is 59.2 Å². The Bertz CT molecular complexity index is 941. The van der Waals surface area contributed by atoms with Gasteiger partial charge in [0.2, 0.25) is 15.9 Å². The third-order valence-electron chi connectivity index (χ3n) is 4.96. The van der Waals surface area contributed by atoms with Crippen molar-refractivity contribution in [2.45, 2.75) is 36.5 Å². The van der Waals surface area contributed by atoms with Crippen molar-refractivity contribution < 1.29 is 17.9 Å². The van der Waals surface area contributed by atoms with E-state index in [2.05, 4.69) is 17.4 Å². The Morgan fingerprint density at radius 2 is 2.04 bits per heavy atom. The van der Waals surface area contributed by atoms with Crippen LogP contribution in [-0.4, -0.2) is 28.0 Å². The number of carbonyl (C=O) groups excluding carboxylic acids is 1. The van der Waals surface area contributed by atoms with Crippen LogP contribution in [0.25, 0.3) is 0 Å².